The number of anilines is 1. The Hall–Kier alpha value is -3.04. The number of para-hydroxylation sites is 1. The zero-order valence-electron chi connectivity index (χ0n) is 14.3. The fourth-order valence-electron chi connectivity index (χ4n) is 2.75. The second-order valence-corrected chi connectivity index (χ2v) is 5.85. The second-order valence-electron chi connectivity index (χ2n) is 5.85. The van der Waals surface area contributed by atoms with Crippen LogP contribution in [0.4, 0.5) is 23.8 Å². The van der Waals surface area contributed by atoms with Crippen LogP contribution in [0.25, 0.3) is 0 Å². The number of benzene rings is 1. The number of rotatable bonds is 4. The largest absolute Gasteiger partial charge is 0.573 e. The van der Waals surface area contributed by atoms with Gasteiger partial charge in [0.05, 0.1) is 6.20 Å². The maximum atomic E-state index is 12.5. The molecule has 0 atom stereocenters. The molecule has 3 rings (SSSR count). The molecular formula is C17H18F3N5O2. The highest BCUT2D eigenvalue weighted by atomic mass is 19.4. The van der Waals surface area contributed by atoms with E-state index in [-0.39, 0.29) is 23.9 Å². The minimum Gasteiger partial charge on any atom is -0.405 e. The van der Waals surface area contributed by atoms with E-state index in [4.69, 9.17) is 0 Å². The van der Waals surface area contributed by atoms with Crippen LogP contribution in [0.3, 0.4) is 0 Å². The number of nitrogens with zero attached hydrogens (tertiary/aromatic N) is 4. The monoisotopic (exact) mass is 381 g/mol. The number of piperazine rings is 1. The third kappa shape index (κ3) is 5.22. The molecular weight excluding hydrogens is 363 g/mol. The number of nitrogens with one attached hydrogen (secondary N) is 1. The number of carbonyl (C=O) groups excluding carboxylic acids is 1. The molecule has 7 nitrogen and oxygen atoms in total. The summed E-state index contributed by atoms with van der Waals surface area (Å²) in [6, 6.07) is 5.39. The molecule has 0 bridgehead atoms. The van der Waals surface area contributed by atoms with Crippen molar-refractivity contribution in [2.75, 3.05) is 31.1 Å². The average Bonchev–Trinajstić information content (AvgIpc) is 2.67. The SMILES string of the molecule is O=C(NCc1ccccc1OC(F)(F)F)N1CCN(c2cnccn2)CC1. The first-order chi connectivity index (χ1) is 12.9. The van der Waals surface area contributed by atoms with Crippen LogP contribution < -0.4 is 15.0 Å². The van der Waals surface area contributed by atoms with Crippen LogP contribution in [-0.4, -0.2) is 53.4 Å². The highest BCUT2D eigenvalue weighted by Crippen LogP contribution is 2.26. The normalized spacial score (nSPS) is 14.8. The van der Waals surface area contributed by atoms with E-state index in [1.165, 1.54) is 18.2 Å². The molecule has 27 heavy (non-hydrogen) atoms. The summed E-state index contributed by atoms with van der Waals surface area (Å²) in [6.45, 7) is 2.08. The van der Waals surface area contributed by atoms with Crippen molar-refractivity contribution in [1.82, 2.24) is 20.2 Å². The number of hydrogen-bond donors (Lipinski definition) is 1. The third-order valence-corrected chi connectivity index (χ3v) is 4.07. The summed E-state index contributed by atoms with van der Waals surface area (Å²) in [5.41, 5.74) is 0.251. The summed E-state index contributed by atoms with van der Waals surface area (Å²) in [6.07, 6.45) is 0.0759. The first-order valence-corrected chi connectivity index (χ1v) is 8.30. The molecule has 1 saturated heterocycles. The predicted octanol–water partition coefficient (Wildman–Crippen LogP) is 2.41. The molecule has 1 aliphatic heterocycles. The predicted molar refractivity (Wildman–Crippen MR) is 91.2 cm³/mol. The van der Waals surface area contributed by atoms with Gasteiger partial charge in [0.15, 0.2) is 0 Å². The molecule has 1 aromatic heterocycles. The van der Waals surface area contributed by atoms with E-state index in [0.29, 0.717) is 26.2 Å². The standard InChI is InChI=1S/C17H18F3N5O2/c18-17(19,20)27-14-4-2-1-3-13(14)11-23-16(26)25-9-7-24(8-10-25)15-12-21-5-6-22-15/h1-6,12H,7-11H2,(H,23,26). The van der Waals surface area contributed by atoms with Crippen molar-refractivity contribution in [1.29, 1.82) is 0 Å². The Morgan fingerprint density at radius 1 is 1.15 bits per heavy atom. The quantitative estimate of drug-likeness (QED) is 0.881. The summed E-state index contributed by atoms with van der Waals surface area (Å²) in [5.74, 6) is 0.425. The van der Waals surface area contributed by atoms with Gasteiger partial charge >= 0.3 is 12.4 Å². The topological polar surface area (TPSA) is 70.6 Å². The maximum Gasteiger partial charge on any atom is 0.573 e. The molecule has 2 aromatic rings. The molecule has 0 aliphatic carbocycles. The lowest BCUT2D eigenvalue weighted by atomic mass is 10.2. The molecule has 0 spiro atoms. The van der Waals surface area contributed by atoms with Gasteiger partial charge in [-0.1, -0.05) is 18.2 Å². The fourth-order valence-corrected chi connectivity index (χ4v) is 2.75. The maximum absolute atomic E-state index is 12.5. The van der Waals surface area contributed by atoms with Crippen molar-refractivity contribution in [2.45, 2.75) is 12.9 Å². The van der Waals surface area contributed by atoms with Gasteiger partial charge in [0.1, 0.15) is 11.6 Å². The van der Waals surface area contributed by atoms with E-state index in [1.54, 1.807) is 29.6 Å². The third-order valence-electron chi connectivity index (χ3n) is 4.07. The van der Waals surface area contributed by atoms with Crippen molar-refractivity contribution in [3.8, 4) is 5.75 Å². The van der Waals surface area contributed by atoms with E-state index in [0.717, 1.165) is 5.82 Å². The van der Waals surface area contributed by atoms with Gasteiger partial charge in [0.2, 0.25) is 0 Å². The first kappa shape index (κ1) is 18.7. The fraction of sp³-hybridized carbons (Fsp3) is 0.353. The molecule has 1 N–H and O–H groups in total. The molecule has 10 heteroatoms. The van der Waals surface area contributed by atoms with Crippen LogP contribution in [0.5, 0.6) is 5.75 Å². The number of urea groups is 1. The number of carbonyl (C=O) groups is 1. The summed E-state index contributed by atoms with van der Waals surface area (Å²) in [5, 5.41) is 2.64. The van der Waals surface area contributed by atoms with Crippen LogP contribution in [0.2, 0.25) is 0 Å². The highest BCUT2D eigenvalue weighted by Gasteiger charge is 2.32. The number of aromatic nitrogens is 2. The summed E-state index contributed by atoms with van der Waals surface area (Å²) >= 11 is 0. The molecule has 1 aromatic carbocycles. The molecule has 1 aliphatic rings. The second kappa shape index (κ2) is 8.11. The van der Waals surface area contributed by atoms with Crippen molar-refractivity contribution in [3.63, 3.8) is 0 Å². The van der Waals surface area contributed by atoms with Crippen molar-refractivity contribution >= 4 is 11.8 Å². The Morgan fingerprint density at radius 3 is 2.56 bits per heavy atom. The van der Waals surface area contributed by atoms with Gasteiger partial charge in [0.25, 0.3) is 0 Å². The van der Waals surface area contributed by atoms with Crippen LogP contribution >= 0.6 is 0 Å². The van der Waals surface area contributed by atoms with E-state index in [1.807, 2.05) is 4.90 Å². The molecule has 0 radical (unpaired) electrons. The zero-order chi connectivity index (χ0) is 19.3. The lowest BCUT2D eigenvalue weighted by Gasteiger charge is -2.35. The Labute approximate surface area is 153 Å². The molecule has 1 fully saturated rings. The van der Waals surface area contributed by atoms with Crippen molar-refractivity contribution in [3.05, 3.63) is 48.4 Å². The zero-order valence-corrected chi connectivity index (χ0v) is 14.3. The molecule has 144 valence electrons. The lowest BCUT2D eigenvalue weighted by Crippen LogP contribution is -2.51. The Bertz CT molecular complexity index is 765. The van der Waals surface area contributed by atoms with E-state index in [9.17, 15) is 18.0 Å². The average molecular weight is 381 g/mol. The first-order valence-electron chi connectivity index (χ1n) is 8.30. The van der Waals surface area contributed by atoms with Gasteiger partial charge in [-0.05, 0) is 6.07 Å². The molecule has 0 saturated carbocycles. The summed E-state index contributed by atoms with van der Waals surface area (Å²) < 4.78 is 41.4. The van der Waals surface area contributed by atoms with Gasteiger partial charge in [-0.3, -0.25) is 4.98 Å². The Balaban J connectivity index is 1.52. The van der Waals surface area contributed by atoms with Gasteiger partial charge in [-0.25, -0.2) is 9.78 Å². The minimum atomic E-state index is -4.78. The van der Waals surface area contributed by atoms with Crippen LogP contribution in [0, 0.1) is 0 Å². The Kier molecular flexibility index (Phi) is 5.63. The number of amides is 2. The molecule has 0 unspecified atom stereocenters. The van der Waals surface area contributed by atoms with Crippen LogP contribution in [0.1, 0.15) is 5.56 Å². The number of alkyl halides is 3. The Morgan fingerprint density at radius 2 is 1.89 bits per heavy atom. The van der Waals surface area contributed by atoms with Crippen molar-refractivity contribution < 1.29 is 22.7 Å². The number of halogens is 3. The van der Waals surface area contributed by atoms with Crippen LogP contribution in [0.15, 0.2) is 42.9 Å². The highest BCUT2D eigenvalue weighted by molar-refractivity contribution is 5.74. The smallest absolute Gasteiger partial charge is 0.405 e. The van der Waals surface area contributed by atoms with Gasteiger partial charge in [0, 0.05) is 50.7 Å². The molecule has 2 heterocycles. The van der Waals surface area contributed by atoms with Gasteiger partial charge in [-0.15, -0.1) is 13.2 Å². The lowest BCUT2D eigenvalue weighted by molar-refractivity contribution is -0.274. The minimum absolute atomic E-state index is 0.0601. The van der Waals surface area contributed by atoms with E-state index < -0.39 is 6.36 Å². The number of ether oxygens (including phenoxy) is 1. The van der Waals surface area contributed by atoms with E-state index >= 15 is 0 Å². The van der Waals surface area contributed by atoms with Crippen LogP contribution in [-0.2, 0) is 6.54 Å². The molecule has 2 amide bonds. The number of hydrogen-bond acceptors (Lipinski definition) is 5. The summed E-state index contributed by atoms with van der Waals surface area (Å²) in [4.78, 5) is 24.2. The van der Waals surface area contributed by atoms with E-state index in [2.05, 4.69) is 20.0 Å². The van der Waals surface area contributed by atoms with Gasteiger partial charge < -0.3 is 19.9 Å². The van der Waals surface area contributed by atoms with Crippen molar-refractivity contribution in [2.24, 2.45) is 0 Å². The van der Waals surface area contributed by atoms with Gasteiger partial charge in [-0.2, -0.15) is 0 Å². The summed E-state index contributed by atoms with van der Waals surface area (Å²) in [7, 11) is 0.